The second-order valence-corrected chi connectivity index (χ2v) is 16.0. The fourth-order valence-corrected chi connectivity index (χ4v) is 9.14. The minimum Gasteiger partial charge on any atom is -0.456 e. The molecule has 0 spiro atoms. The molecule has 0 aliphatic heterocycles. The molecule has 9 aromatic rings. The molecule has 0 saturated heterocycles. The van der Waals surface area contributed by atoms with Crippen molar-refractivity contribution in [1.82, 2.24) is 15.0 Å². The van der Waals surface area contributed by atoms with Gasteiger partial charge in [-0.15, -0.1) is 17.4 Å². The number of aliphatic imine (C=N–C) groups is 1. The average Bonchev–Trinajstić information content (AvgIpc) is 3.84. The van der Waals surface area contributed by atoms with Crippen molar-refractivity contribution in [3.8, 4) is 22.8 Å². The zero-order valence-electron chi connectivity index (χ0n) is 32.8. The predicted octanol–water partition coefficient (Wildman–Crippen LogP) is 13.4. The van der Waals surface area contributed by atoms with E-state index < -0.39 is 0 Å². The number of rotatable bonds is 8. The molecule has 1 aliphatic rings. The van der Waals surface area contributed by atoms with E-state index in [0.717, 1.165) is 67.3 Å². The Balaban J connectivity index is 0.00000449. The number of nitrogens with zero attached hydrogens (tertiary/aromatic N) is 4. The van der Waals surface area contributed by atoms with Crippen LogP contribution in [0.3, 0.4) is 0 Å². The van der Waals surface area contributed by atoms with Crippen LogP contribution in [-0.4, -0.2) is 20.7 Å². The number of allylic oxidation sites excluding steroid dienone is 2. The fraction of sp³-hybridized carbons (Fsp3) is 0.115. The molecule has 6 aromatic carbocycles. The second kappa shape index (κ2) is 16.5. The number of benzene rings is 6. The molecule has 10 rings (SSSR count). The Hall–Kier alpha value is -5.71. The average molecular weight is 1000 g/mol. The summed E-state index contributed by atoms with van der Waals surface area (Å²) in [7, 11) is 0. The molecule has 0 fully saturated rings. The van der Waals surface area contributed by atoms with Crippen LogP contribution in [0.2, 0.25) is 0 Å². The van der Waals surface area contributed by atoms with Gasteiger partial charge in [-0.25, -0.2) is 27.1 Å². The third-order valence-electron chi connectivity index (χ3n) is 11.1. The maximum atomic E-state index is 6.55. The van der Waals surface area contributed by atoms with Gasteiger partial charge in [0.1, 0.15) is 17.2 Å². The molecule has 59 heavy (non-hydrogen) atoms. The smallest absolute Gasteiger partial charge is 0.456 e. The van der Waals surface area contributed by atoms with Gasteiger partial charge in [0, 0.05) is 48.0 Å². The molecule has 282 valence electrons. The van der Waals surface area contributed by atoms with E-state index in [0.29, 0.717) is 11.6 Å². The van der Waals surface area contributed by atoms with E-state index in [-0.39, 0.29) is 48.9 Å². The van der Waals surface area contributed by atoms with E-state index in [1.807, 2.05) is 90.2 Å². The quantitative estimate of drug-likeness (QED) is 0.112. The molecule has 2 unspecified atom stereocenters. The third-order valence-corrected chi connectivity index (χ3v) is 12.2. The molecular weight excluding hydrogens is 967 g/mol. The van der Waals surface area contributed by atoms with Crippen molar-refractivity contribution in [3.05, 3.63) is 198 Å². The minimum absolute atomic E-state index is 0. The van der Waals surface area contributed by atoms with Crippen molar-refractivity contribution < 1.29 is 35.5 Å². The number of hydrogen-bond acceptors (Lipinski definition) is 6. The number of aromatic nitrogens is 3. The number of furan rings is 1. The number of fused-ring (bicyclic) bond motifs is 6. The zero-order valence-corrected chi connectivity index (χ0v) is 37.8. The summed E-state index contributed by atoms with van der Waals surface area (Å²) in [6, 6.07) is 53.4. The molecule has 0 bridgehead atoms. The van der Waals surface area contributed by atoms with E-state index in [1.54, 1.807) is 0 Å². The Morgan fingerprint density at radius 3 is 2.17 bits per heavy atom. The standard InChI is InChI=1S/C52H38N4OS.U/c1-32-23-27-45-49(48(32)52-55-50(36-17-9-5-10-18-36)54-51(56-52)37-19-11-6-12-20-37)42-30-38(25-28-44(42)57-45)33(2)29-43(35-15-7-4-8-16-35)53-34(3)39-24-26-41-40-21-13-14-22-46(40)58-47(41)31-39;/h4-15,17-28,30-33,48H,1-3H3;/q-2;+2/t32?,33-,48?;/m0./s1. The Morgan fingerprint density at radius 2 is 1.44 bits per heavy atom. The monoisotopic (exact) mass is 1000 g/mol. The Labute approximate surface area is 371 Å². The Kier molecular flexibility index (Phi) is 10.9. The van der Waals surface area contributed by atoms with Crippen molar-refractivity contribution in [1.29, 1.82) is 0 Å². The summed E-state index contributed by atoms with van der Waals surface area (Å²) in [5, 5.41) is 3.62. The van der Waals surface area contributed by atoms with E-state index >= 15 is 0 Å². The van der Waals surface area contributed by atoms with Crippen molar-refractivity contribution in [2.45, 2.75) is 32.6 Å². The molecule has 0 saturated carbocycles. The van der Waals surface area contributed by atoms with Gasteiger partial charge >= 0.3 is 31.1 Å². The van der Waals surface area contributed by atoms with Crippen LogP contribution in [0.15, 0.2) is 161 Å². The maximum absolute atomic E-state index is 6.55. The molecule has 3 aromatic heterocycles. The molecule has 0 amide bonds. The van der Waals surface area contributed by atoms with Crippen molar-refractivity contribution in [2.75, 3.05) is 0 Å². The van der Waals surface area contributed by atoms with Crippen LogP contribution in [0, 0.1) is 49.2 Å². The molecule has 0 radical (unpaired) electrons. The maximum Gasteiger partial charge on any atom is 2.00 e. The molecule has 3 heterocycles. The molecule has 0 N–H and O–H groups in total. The van der Waals surface area contributed by atoms with Gasteiger partial charge in [-0.2, -0.15) is 17.8 Å². The Bertz CT molecular complexity index is 3000. The zero-order chi connectivity index (χ0) is 39.2. The number of hydrogen-bond donors (Lipinski definition) is 0. The van der Waals surface area contributed by atoms with Crippen LogP contribution in [-0.2, 0) is 0 Å². The largest absolute Gasteiger partial charge is 2.00 e. The van der Waals surface area contributed by atoms with Gasteiger partial charge in [-0.3, -0.25) is 11.6 Å². The normalized spacial score (nSPS) is 16.0. The molecule has 1 aliphatic carbocycles. The first kappa shape index (κ1) is 38.8. The summed E-state index contributed by atoms with van der Waals surface area (Å²) in [5.74, 6) is 2.72. The third kappa shape index (κ3) is 7.56. The first-order valence-corrected chi connectivity index (χ1v) is 20.5. The van der Waals surface area contributed by atoms with Crippen LogP contribution in [0.1, 0.15) is 66.4 Å². The first-order chi connectivity index (χ1) is 28.5. The van der Waals surface area contributed by atoms with Gasteiger partial charge in [0.2, 0.25) is 0 Å². The summed E-state index contributed by atoms with van der Waals surface area (Å²) in [5.41, 5.74) is 8.60. The first-order valence-electron chi connectivity index (χ1n) is 19.7. The topological polar surface area (TPSA) is 64.2 Å². The van der Waals surface area contributed by atoms with E-state index in [1.165, 1.54) is 20.2 Å². The predicted molar refractivity (Wildman–Crippen MR) is 239 cm³/mol. The van der Waals surface area contributed by atoms with Crippen LogP contribution < -0.4 is 0 Å². The fourth-order valence-electron chi connectivity index (χ4n) is 7.99. The van der Waals surface area contributed by atoms with E-state index in [4.69, 9.17) is 24.4 Å². The summed E-state index contributed by atoms with van der Waals surface area (Å²) >= 11 is 1.82. The van der Waals surface area contributed by atoms with E-state index in [9.17, 15) is 0 Å². The molecular formula is C52H38N4OSU. The van der Waals surface area contributed by atoms with E-state index in [2.05, 4.69) is 112 Å². The van der Waals surface area contributed by atoms with Gasteiger partial charge in [0.05, 0.1) is 5.92 Å². The minimum atomic E-state index is -0.153. The number of thiophene rings is 1. The second-order valence-electron chi connectivity index (χ2n) is 14.9. The van der Waals surface area contributed by atoms with Crippen molar-refractivity contribution >= 4 is 60.0 Å². The molecule has 5 nitrogen and oxygen atoms in total. The van der Waals surface area contributed by atoms with Gasteiger partial charge in [0.15, 0.2) is 11.6 Å². The van der Waals surface area contributed by atoms with Gasteiger partial charge in [-0.05, 0) is 48.7 Å². The van der Waals surface area contributed by atoms with Crippen molar-refractivity contribution in [3.63, 3.8) is 0 Å². The van der Waals surface area contributed by atoms with Gasteiger partial charge in [0.25, 0.3) is 0 Å². The summed E-state index contributed by atoms with van der Waals surface area (Å²) in [6.45, 7) is 6.48. The SMILES string of the molecule is CC(=NC(=[C-][C@H](C)c1ccc2oc3c(c2c1)C(c1nc(-c2ccccc2)nc(-c2ccccc2)n1)C(C)C=C3)c1[c-]cccc1)c1ccc2c(c1)sc1ccccc12.[U+2]. The summed E-state index contributed by atoms with van der Waals surface area (Å²) in [4.78, 5) is 20.5. The van der Waals surface area contributed by atoms with Crippen molar-refractivity contribution in [2.24, 2.45) is 10.9 Å². The Morgan fingerprint density at radius 1 is 0.746 bits per heavy atom. The van der Waals surface area contributed by atoms with Crippen LogP contribution in [0.4, 0.5) is 0 Å². The molecule has 3 atom stereocenters. The van der Waals surface area contributed by atoms with Gasteiger partial charge in [-0.1, -0.05) is 128 Å². The van der Waals surface area contributed by atoms with Crippen LogP contribution in [0.5, 0.6) is 0 Å². The van der Waals surface area contributed by atoms with Crippen LogP contribution >= 0.6 is 11.3 Å². The van der Waals surface area contributed by atoms with Gasteiger partial charge < -0.3 is 9.41 Å². The summed E-state index contributed by atoms with van der Waals surface area (Å²) in [6.07, 6.45) is 8.07. The molecule has 7 heteroatoms. The summed E-state index contributed by atoms with van der Waals surface area (Å²) < 4.78 is 9.10. The van der Waals surface area contributed by atoms with Crippen LogP contribution in [0.25, 0.3) is 65.7 Å².